The summed E-state index contributed by atoms with van der Waals surface area (Å²) in [5.74, 6) is 0.374. The standard InChI is InChI=1S/C20H23N3O5/c1-21-19(26)17-18(25)14(24)11-23(22-17)12-20(6-2-3-7-20)13-4-5-15-16(10-13)28-9-8-27-15/h4-5,10-11,24H,2-3,6-9,12H2,1H3,(H,21,26). The number of ether oxygens (including phenoxy) is 2. The van der Waals surface area contributed by atoms with Gasteiger partial charge in [0.25, 0.3) is 11.3 Å². The summed E-state index contributed by atoms with van der Waals surface area (Å²) < 4.78 is 12.9. The van der Waals surface area contributed by atoms with Crippen molar-refractivity contribution in [2.24, 2.45) is 0 Å². The minimum Gasteiger partial charge on any atom is -0.503 e. The van der Waals surface area contributed by atoms with Crippen LogP contribution in [0.4, 0.5) is 0 Å². The molecular weight excluding hydrogens is 362 g/mol. The number of fused-ring (bicyclic) bond motifs is 1. The third kappa shape index (κ3) is 3.19. The van der Waals surface area contributed by atoms with Crippen LogP contribution in [0.15, 0.2) is 29.2 Å². The first kappa shape index (κ1) is 18.3. The van der Waals surface area contributed by atoms with Crippen molar-refractivity contribution in [3.05, 3.63) is 45.9 Å². The van der Waals surface area contributed by atoms with Gasteiger partial charge in [0.1, 0.15) is 13.2 Å². The third-order valence-electron chi connectivity index (χ3n) is 5.57. The highest BCUT2D eigenvalue weighted by Crippen LogP contribution is 2.45. The zero-order valence-corrected chi connectivity index (χ0v) is 15.7. The first-order valence-corrected chi connectivity index (χ1v) is 9.45. The molecule has 148 valence electrons. The lowest BCUT2D eigenvalue weighted by atomic mass is 9.78. The van der Waals surface area contributed by atoms with Crippen molar-refractivity contribution in [2.75, 3.05) is 20.3 Å². The van der Waals surface area contributed by atoms with Gasteiger partial charge in [-0.05, 0) is 30.5 Å². The van der Waals surface area contributed by atoms with Crippen molar-refractivity contribution in [1.82, 2.24) is 15.1 Å². The molecular formula is C20H23N3O5. The summed E-state index contributed by atoms with van der Waals surface area (Å²) in [6.45, 7) is 1.51. The van der Waals surface area contributed by atoms with Gasteiger partial charge in [-0.3, -0.25) is 14.3 Å². The van der Waals surface area contributed by atoms with Crippen LogP contribution in [0.2, 0.25) is 0 Å². The molecule has 28 heavy (non-hydrogen) atoms. The van der Waals surface area contributed by atoms with Crippen LogP contribution in [-0.4, -0.2) is 41.1 Å². The number of hydrogen-bond donors (Lipinski definition) is 2. The second-order valence-electron chi connectivity index (χ2n) is 7.31. The molecule has 0 atom stereocenters. The van der Waals surface area contributed by atoms with E-state index in [0.717, 1.165) is 42.7 Å². The van der Waals surface area contributed by atoms with Gasteiger partial charge >= 0.3 is 0 Å². The number of nitrogens with zero attached hydrogens (tertiary/aromatic N) is 2. The molecule has 2 aromatic rings. The van der Waals surface area contributed by atoms with Crippen molar-refractivity contribution >= 4 is 5.91 Å². The molecule has 1 aliphatic carbocycles. The first-order valence-electron chi connectivity index (χ1n) is 9.45. The summed E-state index contributed by atoms with van der Waals surface area (Å²) >= 11 is 0. The van der Waals surface area contributed by atoms with Crippen LogP contribution in [-0.2, 0) is 12.0 Å². The molecule has 1 saturated carbocycles. The summed E-state index contributed by atoms with van der Waals surface area (Å²) in [6, 6.07) is 5.99. The fourth-order valence-electron chi connectivity index (χ4n) is 4.14. The zero-order valence-electron chi connectivity index (χ0n) is 15.7. The highest BCUT2D eigenvalue weighted by atomic mass is 16.6. The summed E-state index contributed by atoms with van der Waals surface area (Å²) in [5.41, 5.74) is -0.187. The normalized spacial score (nSPS) is 17.3. The smallest absolute Gasteiger partial charge is 0.275 e. The molecule has 0 radical (unpaired) electrons. The molecule has 0 spiro atoms. The van der Waals surface area contributed by atoms with Gasteiger partial charge in [0.05, 0.1) is 12.7 Å². The van der Waals surface area contributed by atoms with Crippen LogP contribution in [0.1, 0.15) is 41.7 Å². The molecule has 4 rings (SSSR count). The van der Waals surface area contributed by atoms with Crippen LogP contribution in [0.5, 0.6) is 17.2 Å². The Bertz CT molecular complexity index is 963. The van der Waals surface area contributed by atoms with Crippen molar-refractivity contribution < 1.29 is 19.4 Å². The Labute approximate surface area is 162 Å². The van der Waals surface area contributed by atoms with E-state index >= 15 is 0 Å². The molecule has 2 heterocycles. The molecule has 1 amide bonds. The number of carbonyl (C=O) groups excluding carboxylic acids is 1. The van der Waals surface area contributed by atoms with Gasteiger partial charge in [0.2, 0.25) is 0 Å². The van der Waals surface area contributed by atoms with E-state index in [9.17, 15) is 14.7 Å². The maximum Gasteiger partial charge on any atom is 0.275 e. The summed E-state index contributed by atoms with van der Waals surface area (Å²) in [4.78, 5) is 24.0. The minimum absolute atomic E-state index is 0.218. The average Bonchev–Trinajstić information content (AvgIpc) is 3.19. The lowest BCUT2D eigenvalue weighted by Gasteiger charge is -2.31. The van der Waals surface area contributed by atoms with E-state index in [2.05, 4.69) is 10.4 Å². The number of carbonyl (C=O) groups is 1. The van der Waals surface area contributed by atoms with E-state index < -0.39 is 17.1 Å². The van der Waals surface area contributed by atoms with Gasteiger partial charge in [-0.15, -0.1) is 0 Å². The predicted molar refractivity (Wildman–Crippen MR) is 101 cm³/mol. The first-order chi connectivity index (χ1) is 13.5. The molecule has 1 aromatic heterocycles. The summed E-state index contributed by atoms with van der Waals surface area (Å²) in [7, 11) is 1.42. The van der Waals surface area contributed by atoms with Gasteiger partial charge < -0.3 is 19.9 Å². The van der Waals surface area contributed by atoms with E-state index in [-0.39, 0.29) is 11.1 Å². The van der Waals surface area contributed by atoms with E-state index in [1.54, 1.807) is 0 Å². The third-order valence-corrected chi connectivity index (χ3v) is 5.57. The van der Waals surface area contributed by atoms with Crippen LogP contribution in [0, 0.1) is 0 Å². The SMILES string of the molecule is CNC(=O)c1nn(CC2(c3ccc4c(c3)OCCO4)CCCC2)cc(O)c1=O. The predicted octanol–water partition coefficient (Wildman–Crippen LogP) is 1.59. The number of nitrogens with one attached hydrogen (secondary N) is 1. The Morgan fingerprint density at radius 3 is 2.68 bits per heavy atom. The van der Waals surface area contributed by atoms with Crippen molar-refractivity contribution in [2.45, 2.75) is 37.6 Å². The molecule has 2 aliphatic rings. The number of aromatic hydroxyl groups is 1. The highest BCUT2D eigenvalue weighted by molar-refractivity contribution is 5.92. The average molecular weight is 385 g/mol. The molecule has 0 saturated heterocycles. The van der Waals surface area contributed by atoms with Crippen LogP contribution < -0.4 is 20.2 Å². The molecule has 1 fully saturated rings. The maximum atomic E-state index is 12.1. The molecule has 8 nitrogen and oxygen atoms in total. The number of aromatic nitrogens is 2. The Morgan fingerprint density at radius 1 is 1.25 bits per heavy atom. The molecule has 1 aromatic carbocycles. The topological polar surface area (TPSA) is 103 Å². The zero-order chi connectivity index (χ0) is 19.7. The highest BCUT2D eigenvalue weighted by Gasteiger charge is 2.37. The fourth-order valence-corrected chi connectivity index (χ4v) is 4.14. The molecule has 8 heteroatoms. The largest absolute Gasteiger partial charge is 0.503 e. The van der Waals surface area contributed by atoms with Crippen LogP contribution in [0.25, 0.3) is 0 Å². The van der Waals surface area contributed by atoms with Gasteiger partial charge in [0, 0.05) is 12.5 Å². The van der Waals surface area contributed by atoms with Gasteiger partial charge in [-0.2, -0.15) is 5.10 Å². The Hall–Kier alpha value is -3.03. The van der Waals surface area contributed by atoms with E-state index in [1.165, 1.54) is 17.9 Å². The summed E-state index contributed by atoms with van der Waals surface area (Å²) in [6.07, 6.45) is 5.33. The van der Waals surface area contributed by atoms with Crippen molar-refractivity contribution in [1.29, 1.82) is 0 Å². The fraction of sp³-hybridized carbons (Fsp3) is 0.450. The van der Waals surface area contributed by atoms with E-state index in [1.807, 2.05) is 18.2 Å². The number of rotatable bonds is 4. The Balaban J connectivity index is 1.73. The molecule has 0 bridgehead atoms. The van der Waals surface area contributed by atoms with Crippen molar-refractivity contribution in [3.8, 4) is 17.2 Å². The molecule has 2 N–H and O–H groups in total. The lowest BCUT2D eigenvalue weighted by Crippen LogP contribution is -2.33. The minimum atomic E-state index is -0.768. The second-order valence-corrected chi connectivity index (χ2v) is 7.31. The van der Waals surface area contributed by atoms with Crippen LogP contribution >= 0.6 is 0 Å². The summed E-state index contributed by atoms with van der Waals surface area (Å²) in [5, 5.41) is 16.6. The molecule has 1 aliphatic heterocycles. The lowest BCUT2D eigenvalue weighted by molar-refractivity contribution is 0.0953. The van der Waals surface area contributed by atoms with E-state index in [0.29, 0.717) is 19.8 Å². The van der Waals surface area contributed by atoms with E-state index in [4.69, 9.17) is 9.47 Å². The van der Waals surface area contributed by atoms with Gasteiger partial charge in [0.15, 0.2) is 22.9 Å². The monoisotopic (exact) mass is 385 g/mol. The Kier molecular flexibility index (Phi) is 4.70. The Morgan fingerprint density at radius 2 is 1.96 bits per heavy atom. The van der Waals surface area contributed by atoms with Crippen molar-refractivity contribution in [3.63, 3.8) is 0 Å². The maximum absolute atomic E-state index is 12.1. The number of hydrogen-bond acceptors (Lipinski definition) is 6. The number of amides is 1. The van der Waals surface area contributed by atoms with Gasteiger partial charge in [-0.25, -0.2) is 0 Å². The van der Waals surface area contributed by atoms with Crippen LogP contribution in [0.3, 0.4) is 0 Å². The quantitative estimate of drug-likeness (QED) is 0.829. The molecule has 0 unspecified atom stereocenters. The number of benzene rings is 1. The van der Waals surface area contributed by atoms with Gasteiger partial charge in [-0.1, -0.05) is 18.9 Å². The second kappa shape index (κ2) is 7.18.